The maximum atomic E-state index is 12.7. The van der Waals surface area contributed by atoms with Crippen molar-refractivity contribution in [1.82, 2.24) is 9.80 Å². The fourth-order valence-corrected chi connectivity index (χ4v) is 3.34. The van der Waals surface area contributed by atoms with E-state index in [9.17, 15) is 19.7 Å². The van der Waals surface area contributed by atoms with Crippen molar-refractivity contribution >= 4 is 23.3 Å². The van der Waals surface area contributed by atoms with Gasteiger partial charge < -0.3 is 15.1 Å². The number of urea groups is 1. The number of nitrogens with one attached hydrogen (secondary N) is 1. The van der Waals surface area contributed by atoms with Crippen molar-refractivity contribution in [2.45, 2.75) is 25.8 Å². The van der Waals surface area contributed by atoms with Crippen LogP contribution in [-0.4, -0.2) is 46.8 Å². The average molecular weight is 396 g/mol. The summed E-state index contributed by atoms with van der Waals surface area (Å²) < 4.78 is 0. The first-order valence-corrected chi connectivity index (χ1v) is 9.54. The molecule has 1 heterocycles. The van der Waals surface area contributed by atoms with Crippen LogP contribution in [-0.2, 0) is 0 Å². The SMILES string of the molecule is CC(c1cccc([N+](=O)[O-])c1)N(C)C(=O)Nc1cccc(C(=O)N2CCCC2)c1. The molecule has 3 rings (SSSR count). The van der Waals surface area contributed by atoms with Crippen molar-refractivity contribution in [3.05, 3.63) is 69.8 Å². The van der Waals surface area contributed by atoms with Gasteiger partial charge in [0.25, 0.3) is 11.6 Å². The zero-order valence-corrected chi connectivity index (χ0v) is 16.5. The molecule has 0 aliphatic carbocycles. The first-order chi connectivity index (χ1) is 13.9. The van der Waals surface area contributed by atoms with Gasteiger partial charge in [0.05, 0.1) is 11.0 Å². The van der Waals surface area contributed by atoms with Crippen molar-refractivity contribution < 1.29 is 14.5 Å². The molecule has 2 aromatic carbocycles. The van der Waals surface area contributed by atoms with Crippen LogP contribution in [0, 0.1) is 10.1 Å². The van der Waals surface area contributed by atoms with Crippen LogP contribution in [0.5, 0.6) is 0 Å². The summed E-state index contributed by atoms with van der Waals surface area (Å²) >= 11 is 0. The minimum Gasteiger partial charge on any atom is -0.339 e. The lowest BCUT2D eigenvalue weighted by Crippen LogP contribution is -2.33. The molecule has 0 saturated carbocycles. The van der Waals surface area contributed by atoms with E-state index in [1.54, 1.807) is 50.4 Å². The molecule has 29 heavy (non-hydrogen) atoms. The van der Waals surface area contributed by atoms with Gasteiger partial charge in [-0.1, -0.05) is 18.2 Å². The Morgan fingerprint density at radius 2 is 1.83 bits per heavy atom. The van der Waals surface area contributed by atoms with Gasteiger partial charge in [-0.2, -0.15) is 0 Å². The average Bonchev–Trinajstić information content (AvgIpc) is 3.27. The summed E-state index contributed by atoms with van der Waals surface area (Å²) in [4.78, 5) is 39.0. The quantitative estimate of drug-likeness (QED) is 0.609. The molecule has 0 bridgehead atoms. The van der Waals surface area contributed by atoms with E-state index in [0.717, 1.165) is 25.9 Å². The monoisotopic (exact) mass is 396 g/mol. The van der Waals surface area contributed by atoms with Gasteiger partial charge in [0, 0.05) is 43.5 Å². The van der Waals surface area contributed by atoms with E-state index in [4.69, 9.17) is 0 Å². The molecule has 1 unspecified atom stereocenters. The number of nitro groups is 1. The van der Waals surface area contributed by atoms with Crippen LogP contribution in [0.15, 0.2) is 48.5 Å². The highest BCUT2D eigenvalue weighted by Crippen LogP contribution is 2.24. The Kier molecular flexibility index (Phi) is 6.11. The fraction of sp³-hybridized carbons (Fsp3) is 0.333. The predicted molar refractivity (Wildman–Crippen MR) is 110 cm³/mol. The van der Waals surface area contributed by atoms with E-state index in [2.05, 4.69) is 5.32 Å². The second-order valence-electron chi connectivity index (χ2n) is 7.15. The smallest absolute Gasteiger partial charge is 0.322 e. The van der Waals surface area contributed by atoms with Gasteiger partial charge in [-0.05, 0) is 43.5 Å². The lowest BCUT2D eigenvalue weighted by Gasteiger charge is -2.25. The van der Waals surface area contributed by atoms with E-state index < -0.39 is 4.92 Å². The second-order valence-corrected chi connectivity index (χ2v) is 7.15. The number of carbonyl (C=O) groups excluding carboxylic acids is 2. The third-order valence-electron chi connectivity index (χ3n) is 5.22. The summed E-state index contributed by atoms with van der Waals surface area (Å²) in [5, 5.41) is 13.8. The molecule has 2 aromatic rings. The Hall–Kier alpha value is -3.42. The third-order valence-corrected chi connectivity index (χ3v) is 5.22. The molecule has 1 aliphatic heterocycles. The van der Waals surface area contributed by atoms with Gasteiger partial charge in [-0.3, -0.25) is 14.9 Å². The van der Waals surface area contributed by atoms with E-state index in [0.29, 0.717) is 16.8 Å². The number of nitrogens with zero attached hydrogens (tertiary/aromatic N) is 3. The molecule has 152 valence electrons. The summed E-state index contributed by atoms with van der Waals surface area (Å²) in [6, 6.07) is 12.4. The first kappa shape index (κ1) is 20.3. The molecule has 1 aliphatic rings. The van der Waals surface area contributed by atoms with Gasteiger partial charge in [-0.25, -0.2) is 4.79 Å². The molecular weight excluding hydrogens is 372 g/mol. The minimum absolute atomic E-state index is 0.0173. The van der Waals surface area contributed by atoms with Crippen LogP contribution in [0.25, 0.3) is 0 Å². The lowest BCUT2D eigenvalue weighted by atomic mass is 10.1. The molecule has 1 saturated heterocycles. The van der Waals surface area contributed by atoms with Crippen LogP contribution in [0.1, 0.15) is 41.7 Å². The van der Waals surface area contributed by atoms with Crippen LogP contribution in [0.3, 0.4) is 0 Å². The van der Waals surface area contributed by atoms with Crippen LogP contribution in [0.2, 0.25) is 0 Å². The lowest BCUT2D eigenvalue weighted by molar-refractivity contribution is -0.384. The number of hydrogen-bond donors (Lipinski definition) is 1. The van der Waals surface area contributed by atoms with Gasteiger partial charge in [0.15, 0.2) is 0 Å². The number of rotatable bonds is 5. The molecule has 1 atom stereocenters. The zero-order chi connectivity index (χ0) is 21.0. The Morgan fingerprint density at radius 1 is 1.14 bits per heavy atom. The third kappa shape index (κ3) is 4.71. The number of nitro benzene ring substituents is 1. The number of carbonyl (C=O) groups is 2. The number of anilines is 1. The Balaban J connectivity index is 1.69. The summed E-state index contributed by atoms with van der Waals surface area (Å²) in [6.45, 7) is 3.32. The molecule has 0 radical (unpaired) electrons. The largest absolute Gasteiger partial charge is 0.339 e. The molecule has 1 fully saturated rings. The number of non-ortho nitro benzene ring substituents is 1. The molecule has 1 N–H and O–H groups in total. The number of amides is 3. The maximum absolute atomic E-state index is 12.7. The molecule has 8 heteroatoms. The Labute approximate surface area is 169 Å². The van der Waals surface area contributed by atoms with Crippen molar-refractivity contribution in [1.29, 1.82) is 0 Å². The highest BCUT2D eigenvalue weighted by molar-refractivity contribution is 5.97. The molecule has 3 amide bonds. The number of hydrogen-bond acceptors (Lipinski definition) is 4. The van der Waals surface area contributed by atoms with Crippen molar-refractivity contribution in [2.75, 3.05) is 25.5 Å². The Morgan fingerprint density at radius 3 is 2.52 bits per heavy atom. The summed E-state index contributed by atoms with van der Waals surface area (Å²) in [5.74, 6) is -0.0306. The minimum atomic E-state index is -0.459. The fourth-order valence-electron chi connectivity index (χ4n) is 3.34. The van der Waals surface area contributed by atoms with Crippen LogP contribution >= 0.6 is 0 Å². The van der Waals surface area contributed by atoms with Crippen molar-refractivity contribution in [3.63, 3.8) is 0 Å². The maximum Gasteiger partial charge on any atom is 0.322 e. The molecule has 8 nitrogen and oxygen atoms in total. The number of benzene rings is 2. The zero-order valence-electron chi connectivity index (χ0n) is 16.5. The van der Waals surface area contributed by atoms with Gasteiger partial charge in [0.2, 0.25) is 0 Å². The number of likely N-dealkylation sites (tertiary alicyclic amines) is 1. The second kappa shape index (κ2) is 8.72. The predicted octanol–water partition coefficient (Wildman–Crippen LogP) is 4.06. The van der Waals surface area contributed by atoms with E-state index >= 15 is 0 Å². The normalized spacial score (nSPS) is 14.3. The van der Waals surface area contributed by atoms with Gasteiger partial charge >= 0.3 is 6.03 Å². The van der Waals surface area contributed by atoms with E-state index in [-0.39, 0.29) is 23.7 Å². The highest BCUT2D eigenvalue weighted by Gasteiger charge is 2.21. The van der Waals surface area contributed by atoms with Crippen LogP contribution in [0.4, 0.5) is 16.2 Å². The van der Waals surface area contributed by atoms with Crippen LogP contribution < -0.4 is 5.32 Å². The summed E-state index contributed by atoms with van der Waals surface area (Å²) in [6.07, 6.45) is 2.03. The standard InChI is InChI=1S/C21H24N4O4/c1-15(16-7-6-10-19(14-16)25(28)29)23(2)21(27)22-18-9-5-8-17(13-18)20(26)24-11-3-4-12-24/h5-10,13-15H,3-4,11-12H2,1-2H3,(H,22,27). The Bertz CT molecular complexity index is 924. The molecule has 0 aromatic heterocycles. The summed E-state index contributed by atoms with van der Waals surface area (Å²) in [7, 11) is 1.62. The first-order valence-electron chi connectivity index (χ1n) is 9.54. The van der Waals surface area contributed by atoms with Gasteiger partial charge in [-0.15, -0.1) is 0 Å². The highest BCUT2D eigenvalue weighted by atomic mass is 16.6. The van der Waals surface area contributed by atoms with Crippen molar-refractivity contribution in [3.8, 4) is 0 Å². The molecule has 0 spiro atoms. The van der Waals surface area contributed by atoms with Gasteiger partial charge in [0.1, 0.15) is 0 Å². The van der Waals surface area contributed by atoms with E-state index in [1.807, 2.05) is 4.90 Å². The molecular formula is C21H24N4O4. The van der Waals surface area contributed by atoms with Crippen molar-refractivity contribution in [2.24, 2.45) is 0 Å². The summed E-state index contributed by atoms with van der Waals surface area (Å²) in [5.41, 5.74) is 1.71. The van der Waals surface area contributed by atoms with E-state index in [1.165, 1.54) is 17.0 Å². The topological polar surface area (TPSA) is 95.8 Å².